The molecule has 1 heterocycles. The van der Waals surface area contributed by atoms with Crippen LogP contribution < -0.4 is 5.73 Å². The molecule has 1 saturated carbocycles. The molecule has 0 radical (unpaired) electrons. The quantitative estimate of drug-likeness (QED) is 0.325. The third-order valence-corrected chi connectivity index (χ3v) is 4.88. The number of anilines is 1. The topological polar surface area (TPSA) is 85.9 Å². The first-order valence-corrected chi connectivity index (χ1v) is 9.22. The number of Topliss-reactive ketones (excluding diaryl/α,β-unsaturated/α-hetero) is 1. The molecule has 5 heteroatoms. The van der Waals surface area contributed by atoms with Gasteiger partial charge < -0.3 is 5.73 Å². The third kappa shape index (κ3) is 4.76. The van der Waals surface area contributed by atoms with Gasteiger partial charge in [0.15, 0.2) is 6.29 Å². The van der Waals surface area contributed by atoms with Gasteiger partial charge in [0.25, 0.3) is 0 Å². The molecule has 2 N–H and O–H groups in total. The van der Waals surface area contributed by atoms with Crippen molar-refractivity contribution in [2.24, 2.45) is 0 Å². The molecule has 4 rings (SSSR count). The van der Waals surface area contributed by atoms with Gasteiger partial charge in [-0.3, -0.25) is 9.59 Å². The Kier molecular flexibility index (Phi) is 6.26. The summed E-state index contributed by atoms with van der Waals surface area (Å²) in [6.45, 7) is 0. The summed E-state index contributed by atoms with van der Waals surface area (Å²) in [7, 11) is 0. The molecule has 3 aromatic rings. The van der Waals surface area contributed by atoms with Gasteiger partial charge in [-0.05, 0) is 36.5 Å². The number of hydrogen-bond donors (Lipinski definition) is 1. The molecule has 0 atom stereocenters. The first-order chi connectivity index (χ1) is 13.2. The lowest BCUT2D eigenvalue weighted by molar-refractivity contribution is -0.104. The summed E-state index contributed by atoms with van der Waals surface area (Å²) in [6, 6.07) is 14.1. The summed E-state index contributed by atoms with van der Waals surface area (Å²) in [6.07, 6.45) is 10.2. The predicted octanol–water partition coefficient (Wildman–Crippen LogP) is 4.33. The SMILES string of the molecule is Nc1cc(C(=O)C=O)c2ncncc2c1.c1ccc(C2CCCCC2)cc1. The Labute approximate surface area is 158 Å². The number of aromatic nitrogens is 2. The molecule has 27 heavy (non-hydrogen) atoms. The van der Waals surface area contributed by atoms with Crippen LogP contribution in [0.1, 0.15) is 53.9 Å². The molecule has 1 aliphatic carbocycles. The fourth-order valence-corrected chi connectivity index (χ4v) is 3.54. The lowest BCUT2D eigenvalue weighted by atomic mass is 9.84. The number of nitrogens with two attached hydrogens (primary N) is 1. The number of rotatable bonds is 3. The van der Waals surface area contributed by atoms with E-state index in [-0.39, 0.29) is 11.8 Å². The van der Waals surface area contributed by atoms with Gasteiger partial charge in [-0.25, -0.2) is 9.97 Å². The first kappa shape index (κ1) is 18.7. The highest BCUT2D eigenvalue weighted by Crippen LogP contribution is 2.32. The van der Waals surface area contributed by atoms with Crippen LogP contribution >= 0.6 is 0 Å². The molecule has 1 aromatic heterocycles. The van der Waals surface area contributed by atoms with Crippen LogP contribution in [-0.4, -0.2) is 22.0 Å². The van der Waals surface area contributed by atoms with E-state index in [2.05, 4.69) is 40.3 Å². The van der Waals surface area contributed by atoms with E-state index < -0.39 is 5.78 Å². The van der Waals surface area contributed by atoms with Crippen molar-refractivity contribution in [3.63, 3.8) is 0 Å². The van der Waals surface area contributed by atoms with Crippen LogP contribution in [0.5, 0.6) is 0 Å². The van der Waals surface area contributed by atoms with Crippen LogP contribution in [-0.2, 0) is 4.79 Å². The number of ketones is 1. The van der Waals surface area contributed by atoms with Gasteiger partial charge >= 0.3 is 0 Å². The van der Waals surface area contributed by atoms with Crippen LogP contribution in [0.15, 0.2) is 55.0 Å². The molecule has 1 aliphatic rings. The van der Waals surface area contributed by atoms with Crippen LogP contribution in [0.3, 0.4) is 0 Å². The number of benzene rings is 2. The van der Waals surface area contributed by atoms with E-state index in [1.165, 1.54) is 44.5 Å². The van der Waals surface area contributed by atoms with Crippen molar-refractivity contribution >= 4 is 28.7 Å². The summed E-state index contributed by atoms with van der Waals surface area (Å²) in [5.41, 5.74) is 8.20. The lowest BCUT2D eigenvalue weighted by Gasteiger charge is -2.21. The van der Waals surface area contributed by atoms with Crippen molar-refractivity contribution in [1.82, 2.24) is 9.97 Å². The van der Waals surface area contributed by atoms with Gasteiger partial charge in [-0.15, -0.1) is 0 Å². The molecule has 5 nitrogen and oxygen atoms in total. The Hall–Kier alpha value is -3.08. The Balaban J connectivity index is 0.000000159. The molecule has 138 valence electrons. The summed E-state index contributed by atoms with van der Waals surface area (Å²) in [5, 5.41) is 0.641. The second-order valence-electron chi connectivity index (χ2n) is 6.76. The van der Waals surface area contributed by atoms with Crippen LogP contribution in [0.2, 0.25) is 0 Å². The molecule has 2 aromatic carbocycles. The zero-order chi connectivity index (χ0) is 19.1. The van der Waals surface area contributed by atoms with E-state index in [1.807, 2.05) is 0 Å². The van der Waals surface area contributed by atoms with Gasteiger partial charge in [0.1, 0.15) is 6.33 Å². The molecule has 0 unspecified atom stereocenters. The molecular weight excluding hydrogens is 338 g/mol. The molecule has 0 aliphatic heterocycles. The van der Waals surface area contributed by atoms with Gasteiger partial charge in [-0.2, -0.15) is 0 Å². The van der Waals surface area contributed by atoms with Crippen LogP contribution in [0, 0.1) is 0 Å². The third-order valence-electron chi connectivity index (χ3n) is 4.88. The maximum absolute atomic E-state index is 11.3. The largest absolute Gasteiger partial charge is 0.399 e. The maximum atomic E-state index is 11.3. The number of fused-ring (bicyclic) bond motifs is 1. The maximum Gasteiger partial charge on any atom is 0.227 e. The highest BCUT2D eigenvalue weighted by atomic mass is 16.2. The van der Waals surface area contributed by atoms with Gasteiger partial charge in [-0.1, -0.05) is 49.6 Å². The van der Waals surface area contributed by atoms with Crippen LogP contribution in [0.25, 0.3) is 10.9 Å². The van der Waals surface area contributed by atoms with Gasteiger partial charge in [0.05, 0.1) is 11.1 Å². The minimum absolute atomic E-state index is 0.211. The highest BCUT2D eigenvalue weighted by Gasteiger charge is 2.14. The number of carbonyl (C=O) groups is 2. The van der Waals surface area contributed by atoms with Crippen molar-refractivity contribution in [1.29, 1.82) is 0 Å². The fraction of sp³-hybridized carbons (Fsp3) is 0.273. The number of nitrogens with zero attached hydrogens (tertiary/aromatic N) is 2. The smallest absolute Gasteiger partial charge is 0.227 e. The minimum Gasteiger partial charge on any atom is -0.399 e. The Morgan fingerprint density at radius 3 is 2.52 bits per heavy atom. The van der Waals surface area contributed by atoms with Crippen LogP contribution in [0.4, 0.5) is 5.69 Å². The number of aldehydes is 1. The molecule has 1 fully saturated rings. The van der Waals surface area contributed by atoms with Crippen molar-refractivity contribution in [2.45, 2.75) is 38.0 Å². The minimum atomic E-state index is -0.633. The normalized spacial score (nSPS) is 14.2. The van der Waals surface area contributed by atoms with Gasteiger partial charge in [0.2, 0.25) is 5.78 Å². The zero-order valence-electron chi connectivity index (χ0n) is 15.2. The molecule has 0 amide bonds. The summed E-state index contributed by atoms with van der Waals surface area (Å²) >= 11 is 0. The van der Waals surface area contributed by atoms with E-state index in [0.29, 0.717) is 16.6 Å². The van der Waals surface area contributed by atoms with E-state index in [9.17, 15) is 9.59 Å². The van der Waals surface area contributed by atoms with Crippen molar-refractivity contribution < 1.29 is 9.59 Å². The average molecular weight is 361 g/mol. The summed E-state index contributed by atoms with van der Waals surface area (Å²) < 4.78 is 0. The average Bonchev–Trinajstić information content (AvgIpc) is 2.74. The number of hydrogen-bond acceptors (Lipinski definition) is 5. The Morgan fingerprint density at radius 2 is 1.81 bits per heavy atom. The number of nitrogen functional groups attached to an aromatic ring is 1. The molecule has 0 bridgehead atoms. The highest BCUT2D eigenvalue weighted by molar-refractivity contribution is 6.36. The standard InChI is InChI=1S/C12H16.C10H7N3O2/c1-3-7-11(8-4-1)12-9-5-2-6-10-12;11-7-1-6-3-12-5-13-10(6)8(2-7)9(15)4-14/h1,3-4,7-8,12H,2,5-6,9-10H2;1-5H,11H2. The zero-order valence-corrected chi connectivity index (χ0v) is 15.2. The van der Waals surface area contributed by atoms with Gasteiger partial charge in [0, 0.05) is 17.3 Å². The second-order valence-corrected chi connectivity index (χ2v) is 6.76. The lowest BCUT2D eigenvalue weighted by Crippen LogP contribution is -2.03. The van der Waals surface area contributed by atoms with Crippen molar-refractivity contribution in [3.8, 4) is 0 Å². The Morgan fingerprint density at radius 1 is 1.07 bits per heavy atom. The van der Waals surface area contributed by atoms with E-state index in [1.54, 1.807) is 17.8 Å². The Bertz CT molecular complexity index is 919. The summed E-state index contributed by atoms with van der Waals surface area (Å²) in [4.78, 5) is 29.5. The van der Waals surface area contributed by atoms with E-state index >= 15 is 0 Å². The fourth-order valence-electron chi connectivity index (χ4n) is 3.54. The number of carbonyl (C=O) groups excluding carboxylic acids is 2. The van der Waals surface area contributed by atoms with Crippen molar-refractivity contribution in [3.05, 3.63) is 66.1 Å². The van der Waals surface area contributed by atoms with Crippen molar-refractivity contribution in [2.75, 3.05) is 5.73 Å². The second kappa shape index (κ2) is 9.03. The monoisotopic (exact) mass is 361 g/mol. The molecule has 0 saturated heterocycles. The predicted molar refractivity (Wildman–Crippen MR) is 107 cm³/mol. The molecular formula is C22H23N3O2. The first-order valence-electron chi connectivity index (χ1n) is 9.22. The molecule has 0 spiro atoms. The summed E-state index contributed by atoms with van der Waals surface area (Å²) in [5.74, 6) is 0.228. The van der Waals surface area contributed by atoms with E-state index in [0.717, 1.165) is 5.92 Å². The van der Waals surface area contributed by atoms with E-state index in [4.69, 9.17) is 5.73 Å².